The summed E-state index contributed by atoms with van der Waals surface area (Å²) in [4.78, 5) is 15.3. The normalized spacial score (nSPS) is 12.9. The van der Waals surface area contributed by atoms with Crippen LogP contribution in [0.3, 0.4) is 0 Å². The maximum absolute atomic E-state index is 12.7. The second kappa shape index (κ2) is 11.7. The molecule has 0 aliphatic heterocycles. The number of ketones is 1. The van der Waals surface area contributed by atoms with E-state index in [1.807, 2.05) is 47.6 Å². The van der Waals surface area contributed by atoms with Crippen molar-refractivity contribution in [2.75, 3.05) is 0 Å². The van der Waals surface area contributed by atoms with Crippen molar-refractivity contribution < 1.29 is 57.3 Å². The molecule has 35 heavy (non-hydrogen) atoms. The average molecular weight is 684 g/mol. The minimum Gasteiger partial charge on any atom is -0.512 e. The number of pyridine rings is 1. The fraction of sp³-hybridized carbons (Fsp3) is 0.440. The van der Waals surface area contributed by atoms with E-state index in [2.05, 4.69) is 4.98 Å². The molecule has 1 aromatic carbocycles. The second-order valence-corrected chi connectivity index (χ2v) is 9.80. The van der Waals surface area contributed by atoms with Gasteiger partial charge >= 0.3 is 12.4 Å². The summed E-state index contributed by atoms with van der Waals surface area (Å²) < 4.78 is 76.3. The van der Waals surface area contributed by atoms with Crippen LogP contribution in [0, 0.1) is 23.8 Å². The van der Waals surface area contributed by atoms with E-state index in [4.69, 9.17) is 0 Å². The average Bonchev–Trinajstić information content (AvgIpc) is 2.65. The van der Waals surface area contributed by atoms with Crippen molar-refractivity contribution in [3.05, 3.63) is 65.1 Å². The van der Waals surface area contributed by atoms with Gasteiger partial charge in [-0.2, -0.15) is 26.3 Å². The minimum atomic E-state index is -4.92. The van der Waals surface area contributed by atoms with Crippen LogP contribution in [0.25, 0.3) is 11.3 Å². The van der Waals surface area contributed by atoms with Crippen LogP contribution in [0.5, 0.6) is 0 Å². The maximum atomic E-state index is 12.7. The number of aryl methyl sites for hydroxylation is 1. The number of nitrogens with zero attached hydrogens (tertiary/aromatic N) is 1. The molecule has 0 spiro atoms. The van der Waals surface area contributed by atoms with Crippen molar-refractivity contribution in [2.45, 2.75) is 60.8 Å². The number of benzene rings is 1. The van der Waals surface area contributed by atoms with Crippen LogP contribution >= 0.6 is 0 Å². The molecule has 0 fully saturated rings. The topological polar surface area (TPSA) is 50.2 Å². The predicted octanol–water partition coefficient (Wildman–Crippen LogP) is 7.98. The Hall–Kier alpha value is -2.15. The zero-order chi connectivity index (χ0) is 26.7. The minimum absolute atomic E-state index is 0. The van der Waals surface area contributed by atoms with Gasteiger partial charge in [0.15, 0.2) is 5.78 Å². The van der Waals surface area contributed by atoms with Gasteiger partial charge in [-0.1, -0.05) is 53.2 Å². The molecule has 0 aliphatic carbocycles. The quantitative estimate of drug-likeness (QED) is 0.151. The summed E-state index contributed by atoms with van der Waals surface area (Å²) in [6, 6.07) is 5.58. The molecule has 198 valence electrons. The molecule has 3 nitrogen and oxygen atoms in total. The molecule has 0 saturated heterocycles. The van der Waals surface area contributed by atoms with Gasteiger partial charge in [0.2, 0.25) is 0 Å². The molecule has 0 radical (unpaired) electrons. The smallest absolute Gasteiger partial charge is 0.399 e. The van der Waals surface area contributed by atoms with Gasteiger partial charge in [-0.25, -0.2) is 0 Å². The summed E-state index contributed by atoms with van der Waals surface area (Å²) in [6.07, 6.45) is -7.15. The summed E-state index contributed by atoms with van der Waals surface area (Å²) in [6.45, 7) is 12.8. The first-order chi connectivity index (χ1) is 15.1. The Kier molecular flexibility index (Phi) is 11.0. The monoisotopic (exact) mass is 683 g/mol. The molecular weight excluding hydrogens is 655 g/mol. The molecular formula is C25H28F6NO2Pt-. The number of rotatable bonds is 2. The Bertz CT molecular complexity index is 1010. The van der Waals surface area contributed by atoms with E-state index in [0.29, 0.717) is 11.6 Å². The Labute approximate surface area is 215 Å². The Balaban J connectivity index is 0.000000720. The Morgan fingerprint density at radius 2 is 1.46 bits per heavy atom. The number of halogens is 6. The van der Waals surface area contributed by atoms with Crippen molar-refractivity contribution in [1.82, 2.24) is 4.98 Å². The maximum Gasteiger partial charge on any atom is 0.399 e. The van der Waals surface area contributed by atoms with Crippen molar-refractivity contribution in [3.8, 4) is 11.3 Å². The number of aliphatic hydroxyl groups excluding tert-OH is 1. The van der Waals surface area contributed by atoms with Crippen molar-refractivity contribution in [2.24, 2.45) is 10.8 Å². The van der Waals surface area contributed by atoms with Gasteiger partial charge in [-0.15, -0.1) is 23.8 Å². The predicted molar refractivity (Wildman–Crippen MR) is 118 cm³/mol. The number of carbonyl (C=O) groups is 1. The van der Waals surface area contributed by atoms with Crippen molar-refractivity contribution >= 4 is 5.78 Å². The van der Waals surface area contributed by atoms with Crippen LogP contribution in [0.4, 0.5) is 26.3 Å². The third-order valence-corrected chi connectivity index (χ3v) is 4.47. The molecule has 1 heterocycles. The van der Waals surface area contributed by atoms with Crippen LogP contribution in [-0.2, 0) is 38.2 Å². The summed E-state index contributed by atoms with van der Waals surface area (Å²) in [5.74, 6) is 0.104. The SMILES string of the molecule is CC(C)(C)C(=O)/C=C(\O)C(C)(C)C.Cc1ccnc(-c2[c-]c(C(F)(F)F)cc(C(F)(F)F)c2)c1.[Pt]. The number of aliphatic hydroxyl groups is 1. The fourth-order valence-electron chi connectivity index (χ4n) is 2.26. The van der Waals surface area contributed by atoms with Crippen molar-refractivity contribution in [1.29, 1.82) is 0 Å². The van der Waals surface area contributed by atoms with Crippen LogP contribution in [-0.4, -0.2) is 15.9 Å². The van der Waals surface area contributed by atoms with Crippen LogP contribution in [0.2, 0.25) is 0 Å². The van der Waals surface area contributed by atoms with E-state index in [9.17, 15) is 36.2 Å². The third kappa shape index (κ3) is 10.6. The molecule has 0 unspecified atom stereocenters. The van der Waals surface area contributed by atoms with Gasteiger partial charge in [-0.3, -0.25) is 4.79 Å². The largest absolute Gasteiger partial charge is 0.512 e. The van der Waals surface area contributed by atoms with E-state index < -0.39 is 28.9 Å². The number of hydrogen-bond donors (Lipinski definition) is 1. The van der Waals surface area contributed by atoms with Gasteiger partial charge in [0.25, 0.3) is 0 Å². The summed E-state index contributed by atoms with van der Waals surface area (Å²) in [5.41, 5.74) is -3.30. The van der Waals surface area contributed by atoms with Crippen LogP contribution < -0.4 is 0 Å². The summed E-state index contributed by atoms with van der Waals surface area (Å²) in [7, 11) is 0. The number of hydrogen-bond acceptors (Lipinski definition) is 3. The Morgan fingerprint density at radius 3 is 1.86 bits per heavy atom. The molecule has 1 aromatic heterocycles. The van der Waals surface area contributed by atoms with Gasteiger partial charge in [0, 0.05) is 44.2 Å². The van der Waals surface area contributed by atoms with E-state index in [1.54, 1.807) is 13.0 Å². The molecule has 0 amide bonds. The van der Waals surface area contributed by atoms with Crippen LogP contribution in [0.15, 0.2) is 42.3 Å². The second-order valence-electron chi connectivity index (χ2n) is 9.80. The van der Waals surface area contributed by atoms with Gasteiger partial charge in [0.05, 0.1) is 0 Å². The molecule has 0 aliphatic rings. The Morgan fingerprint density at radius 1 is 0.914 bits per heavy atom. The van der Waals surface area contributed by atoms with Crippen LogP contribution in [0.1, 0.15) is 58.2 Å². The zero-order valence-corrected chi connectivity index (χ0v) is 22.6. The molecule has 10 heteroatoms. The summed E-state index contributed by atoms with van der Waals surface area (Å²) >= 11 is 0. The van der Waals surface area contributed by atoms with E-state index in [-0.39, 0.29) is 55.3 Å². The molecule has 0 bridgehead atoms. The molecule has 2 aromatic rings. The fourth-order valence-corrected chi connectivity index (χ4v) is 2.26. The number of carbonyl (C=O) groups excluding carboxylic acids is 1. The first-order valence-corrected chi connectivity index (χ1v) is 10.2. The van der Waals surface area contributed by atoms with Gasteiger partial charge < -0.3 is 10.1 Å². The van der Waals surface area contributed by atoms with Gasteiger partial charge in [0.1, 0.15) is 5.76 Å². The summed E-state index contributed by atoms with van der Waals surface area (Å²) in [5, 5.41) is 9.56. The van der Waals surface area contributed by atoms with E-state index in [0.717, 1.165) is 0 Å². The molecule has 0 atom stereocenters. The zero-order valence-electron chi connectivity index (χ0n) is 20.4. The number of alkyl halides is 6. The van der Waals surface area contributed by atoms with Gasteiger partial charge in [-0.05, 0) is 29.8 Å². The van der Waals surface area contributed by atoms with E-state index >= 15 is 0 Å². The van der Waals surface area contributed by atoms with E-state index in [1.165, 1.54) is 18.3 Å². The molecule has 1 N–H and O–H groups in total. The third-order valence-electron chi connectivity index (χ3n) is 4.47. The first-order valence-electron chi connectivity index (χ1n) is 10.2. The number of allylic oxidation sites excluding steroid dienone is 2. The molecule has 0 saturated carbocycles. The number of aromatic nitrogens is 1. The van der Waals surface area contributed by atoms with Crippen molar-refractivity contribution in [3.63, 3.8) is 0 Å². The molecule has 2 rings (SSSR count). The first kappa shape index (κ1) is 32.8. The standard InChI is InChI=1S/C14H8F6N.C11H20O2.Pt/c1-8-2-3-21-12(4-8)9-5-10(13(15,16)17)7-11(6-9)14(18,19)20;1-10(2,3)8(12)7-9(13)11(4,5)6;/h2-5,7H,1H3;7,12H,1-6H3;/q-1;;/b;8-7-;.